The van der Waals surface area contributed by atoms with Crippen LogP contribution in [0.1, 0.15) is 64.2 Å². The van der Waals surface area contributed by atoms with Crippen molar-refractivity contribution in [3.63, 3.8) is 0 Å². The lowest BCUT2D eigenvalue weighted by Crippen LogP contribution is -2.50. The summed E-state index contributed by atoms with van der Waals surface area (Å²) in [6.07, 6.45) is 13.3. The first-order chi connectivity index (χ1) is 13.9. The van der Waals surface area contributed by atoms with Crippen molar-refractivity contribution in [3.05, 3.63) is 54.6 Å². The van der Waals surface area contributed by atoms with E-state index in [1.807, 2.05) is 54.6 Å². The summed E-state index contributed by atoms with van der Waals surface area (Å²) in [7, 11) is 0. The van der Waals surface area contributed by atoms with Gasteiger partial charge in [0, 0.05) is 0 Å². The van der Waals surface area contributed by atoms with Gasteiger partial charge in [-0.2, -0.15) is 10.2 Å². The summed E-state index contributed by atoms with van der Waals surface area (Å²) < 4.78 is 5.83. The molecule has 0 saturated carbocycles. The van der Waals surface area contributed by atoms with Crippen LogP contribution in [0.3, 0.4) is 0 Å². The van der Waals surface area contributed by atoms with Gasteiger partial charge in [-0.1, -0.05) is 63.1 Å². The first-order valence-corrected chi connectivity index (χ1v) is 10.9. The number of nitrogens with zero attached hydrogens (tertiary/aromatic N) is 2. The summed E-state index contributed by atoms with van der Waals surface area (Å²) >= 11 is 0. The summed E-state index contributed by atoms with van der Waals surface area (Å²) in [5.74, 6) is 0.904. The van der Waals surface area contributed by atoms with Gasteiger partial charge in [-0.15, -0.1) is 0 Å². The average molecular weight is 383 g/mol. The minimum Gasteiger partial charge on any atom is -0.494 e. The predicted octanol–water partition coefficient (Wildman–Crippen LogP) is 6.62. The molecule has 0 heterocycles. The molecule has 2 rings (SSSR count). The molecule has 0 amide bonds. The third kappa shape index (κ3) is 10.2. The topological polar surface area (TPSA) is 61.6 Å². The Morgan fingerprint density at radius 2 is 1.07 bits per heavy atom. The Morgan fingerprint density at radius 1 is 0.571 bits per heavy atom. The lowest BCUT2D eigenvalue weighted by Gasteiger charge is -2.06. The highest BCUT2D eigenvalue weighted by molar-refractivity contribution is 5.42. The number of quaternary nitrogens is 1. The van der Waals surface area contributed by atoms with Crippen molar-refractivity contribution in [2.75, 3.05) is 13.2 Å². The smallest absolute Gasteiger partial charge is 0.119 e. The van der Waals surface area contributed by atoms with Gasteiger partial charge >= 0.3 is 0 Å². The third-order valence-corrected chi connectivity index (χ3v) is 4.79. The maximum Gasteiger partial charge on any atom is 0.119 e. The fourth-order valence-electron chi connectivity index (χ4n) is 3.10. The van der Waals surface area contributed by atoms with Gasteiger partial charge in [-0.3, -0.25) is 0 Å². The second kappa shape index (κ2) is 14.8. The van der Waals surface area contributed by atoms with E-state index in [-0.39, 0.29) is 0 Å². The Labute approximate surface area is 170 Å². The predicted molar refractivity (Wildman–Crippen MR) is 116 cm³/mol. The van der Waals surface area contributed by atoms with E-state index in [2.05, 4.69) is 16.0 Å². The molecule has 152 valence electrons. The van der Waals surface area contributed by atoms with Crippen molar-refractivity contribution in [3.8, 4) is 5.75 Å². The highest BCUT2D eigenvalue weighted by Gasteiger charge is 1.97. The van der Waals surface area contributed by atoms with Crippen LogP contribution in [0.2, 0.25) is 0 Å². The molecule has 4 nitrogen and oxygen atoms in total. The van der Waals surface area contributed by atoms with Crippen LogP contribution < -0.4 is 10.5 Å². The number of unbranched alkanes of at least 4 members (excludes halogenated alkanes) is 9. The highest BCUT2D eigenvalue weighted by Crippen LogP contribution is 2.21. The molecule has 28 heavy (non-hydrogen) atoms. The molecule has 0 atom stereocenters. The minimum absolute atomic E-state index is 0.788. The lowest BCUT2D eigenvalue weighted by molar-refractivity contribution is -0.368. The Kier molecular flexibility index (Phi) is 11.7. The van der Waals surface area contributed by atoms with Crippen LogP contribution in [0.5, 0.6) is 5.75 Å². The molecule has 0 spiro atoms. The van der Waals surface area contributed by atoms with Gasteiger partial charge in [0.25, 0.3) is 0 Å². The van der Waals surface area contributed by atoms with Gasteiger partial charge in [0.1, 0.15) is 5.75 Å². The number of rotatable bonds is 15. The van der Waals surface area contributed by atoms with Crippen LogP contribution in [-0.2, 0) is 0 Å². The van der Waals surface area contributed by atoms with Crippen LogP contribution in [0.4, 0.5) is 11.4 Å². The molecule has 4 heteroatoms. The maximum atomic E-state index is 5.83. The summed E-state index contributed by atoms with van der Waals surface area (Å²) in [6, 6.07) is 17.6. The van der Waals surface area contributed by atoms with E-state index in [9.17, 15) is 0 Å². The molecule has 2 aromatic rings. The number of ether oxygens (including phenoxy) is 1. The zero-order valence-corrected chi connectivity index (χ0v) is 17.2. The number of benzene rings is 2. The van der Waals surface area contributed by atoms with E-state index in [1.165, 1.54) is 57.8 Å². The molecule has 3 N–H and O–H groups in total. The van der Waals surface area contributed by atoms with Gasteiger partial charge in [0.05, 0.1) is 24.5 Å². The molecule has 0 aromatic heterocycles. The quantitative estimate of drug-likeness (QED) is 0.273. The second-order valence-electron chi connectivity index (χ2n) is 7.27. The van der Waals surface area contributed by atoms with E-state index in [1.54, 1.807) is 0 Å². The monoisotopic (exact) mass is 382 g/mol. The summed E-state index contributed by atoms with van der Waals surface area (Å²) in [4.78, 5) is 0. The van der Waals surface area contributed by atoms with E-state index in [4.69, 9.17) is 4.74 Å². The van der Waals surface area contributed by atoms with Crippen molar-refractivity contribution in [1.82, 2.24) is 0 Å². The van der Waals surface area contributed by atoms with Crippen LogP contribution >= 0.6 is 0 Å². The number of azo groups is 1. The van der Waals surface area contributed by atoms with Crippen molar-refractivity contribution in [1.29, 1.82) is 0 Å². The summed E-state index contributed by atoms with van der Waals surface area (Å²) in [5.41, 5.74) is 5.59. The van der Waals surface area contributed by atoms with Crippen molar-refractivity contribution in [2.24, 2.45) is 10.2 Å². The molecule has 0 aliphatic heterocycles. The molecule has 0 aliphatic carbocycles. The van der Waals surface area contributed by atoms with Crippen LogP contribution in [0.15, 0.2) is 64.8 Å². The van der Waals surface area contributed by atoms with E-state index < -0.39 is 0 Å². The fourth-order valence-corrected chi connectivity index (χ4v) is 3.10. The molecule has 0 radical (unpaired) electrons. The SMILES string of the molecule is [NH3+]CCCCCCCCCCCCOc1ccc(N=Nc2ccccc2)cc1. The van der Waals surface area contributed by atoms with Gasteiger partial charge in [0.15, 0.2) is 0 Å². The minimum atomic E-state index is 0.788. The van der Waals surface area contributed by atoms with E-state index in [0.717, 1.165) is 36.7 Å². The molecular formula is C24H36N3O+. The summed E-state index contributed by atoms with van der Waals surface area (Å²) in [5, 5.41) is 8.47. The van der Waals surface area contributed by atoms with Crippen LogP contribution in [0.25, 0.3) is 0 Å². The van der Waals surface area contributed by atoms with Gasteiger partial charge in [-0.25, -0.2) is 0 Å². The van der Waals surface area contributed by atoms with E-state index in [0.29, 0.717) is 0 Å². The van der Waals surface area contributed by atoms with Crippen LogP contribution in [-0.4, -0.2) is 13.2 Å². The zero-order valence-electron chi connectivity index (χ0n) is 17.2. The normalized spacial score (nSPS) is 11.2. The molecular weight excluding hydrogens is 346 g/mol. The van der Waals surface area contributed by atoms with Crippen LogP contribution in [0, 0.1) is 0 Å². The standard InChI is InChI=1S/C24H35N3O/c25-20-12-7-5-3-1-2-4-6-8-13-21-28-24-18-16-23(17-19-24)27-26-22-14-10-9-11-15-22/h9-11,14-19H,1-8,12-13,20-21,25H2/p+1. The Balaban J connectivity index is 1.49. The molecule has 0 saturated heterocycles. The third-order valence-electron chi connectivity index (χ3n) is 4.79. The molecule has 0 aliphatic rings. The molecule has 0 fully saturated rings. The van der Waals surface area contributed by atoms with Gasteiger partial charge < -0.3 is 10.5 Å². The number of hydrogen-bond donors (Lipinski definition) is 1. The number of hydrogen-bond acceptors (Lipinski definition) is 3. The second-order valence-corrected chi connectivity index (χ2v) is 7.27. The first-order valence-electron chi connectivity index (χ1n) is 10.9. The molecule has 2 aromatic carbocycles. The maximum absolute atomic E-state index is 5.83. The largest absolute Gasteiger partial charge is 0.494 e. The Morgan fingerprint density at radius 3 is 1.64 bits per heavy atom. The van der Waals surface area contributed by atoms with Crippen molar-refractivity contribution in [2.45, 2.75) is 64.2 Å². The Bertz CT molecular complexity index is 641. The van der Waals surface area contributed by atoms with Gasteiger partial charge in [0.2, 0.25) is 0 Å². The first kappa shape index (κ1) is 22.1. The Hall–Kier alpha value is -2.20. The van der Waals surface area contributed by atoms with Crippen molar-refractivity contribution < 1.29 is 10.5 Å². The van der Waals surface area contributed by atoms with Crippen molar-refractivity contribution >= 4 is 11.4 Å². The average Bonchev–Trinajstić information content (AvgIpc) is 2.74. The lowest BCUT2D eigenvalue weighted by atomic mass is 10.1. The fraction of sp³-hybridized carbons (Fsp3) is 0.500. The zero-order chi connectivity index (χ0) is 19.7. The molecule has 0 unspecified atom stereocenters. The highest BCUT2D eigenvalue weighted by atomic mass is 16.5. The van der Waals surface area contributed by atoms with E-state index >= 15 is 0 Å². The molecule has 0 bridgehead atoms. The summed E-state index contributed by atoms with van der Waals surface area (Å²) in [6.45, 7) is 1.88. The van der Waals surface area contributed by atoms with Gasteiger partial charge in [-0.05, 0) is 55.7 Å².